The number of aromatic nitrogens is 1. The van der Waals surface area contributed by atoms with E-state index >= 15 is 0 Å². The Hall–Kier alpha value is -1.11. The number of hydrogen-bond acceptors (Lipinski definition) is 3. The maximum Gasteiger partial charge on any atom is 0.244 e. The molecule has 1 aromatic rings. The van der Waals surface area contributed by atoms with Crippen molar-refractivity contribution < 1.29 is 13.5 Å². The van der Waals surface area contributed by atoms with Crippen LogP contribution in [0.4, 0.5) is 0 Å². The Labute approximate surface area is 102 Å². The molecule has 96 valence electrons. The van der Waals surface area contributed by atoms with E-state index in [-0.39, 0.29) is 11.5 Å². The van der Waals surface area contributed by atoms with Crippen molar-refractivity contribution in [1.29, 1.82) is 0 Å². The lowest BCUT2D eigenvalue weighted by Crippen LogP contribution is -2.27. The molecule has 0 radical (unpaired) electrons. The predicted octanol–water partition coefficient (Wildman–Crippen LogP) is 1.09. The standard InChI is InChI=1S/C11H18N2O3S/c1-3-4-5-6-13(2)17(15,16)11-7-10(9-14)12-8-11/h3,7-8,12,14H,1,4-6,9H2,2H3. The Morgan fingerprint density at radius 1 is 1.59 bits per heavy atom. The van der Waals surface area contributed by atoms with Gasteiger partial charge in [0.25, 0.3) is 0 Å². The molecule has 1 rings (SSSR count). The number of rotatable bonds is 7. The van der Waals surface area contributed by atoms with E-state index in [9.17, 15) is 8.42 Å². The van der Waals surface area contributed by atoms with E-state index in [0.29, 0.717) is 12.2 Å². The topological polar surface area (TPSA) is 73.4 Å². The number of aromatic amines is 1. The molecule has 0 aliphatic carbocycles. The lowest BCUT2D eigenvalue weighted by Gasteiger charge is -2.15. The zero-order chi connectivity index (χ0) is 12.9. The van der Waals surface area contributed by atoms with Gasteiger partial charge in [-0.05, 0) is 18.9 Å². The van der Waals surface area contributed by atoms with Gasteiger partial charge in [0.1, 0.15) is 0 Å². The molecule has 0 atom stereocenters. The fourth-order valence-corrected chi connectivity index (χ4v) is 2.65. The van der Waals surface area contributed by atoms with E-state index in [0.717, 1.165) is 12.8 Å². The van der Waals surface area contributed by atoms with Crippen LogP contribution in [-0.4, -0.2) is 36.4 Å². The SMILES string of the molecule is C=CCCCN(C)S(=O)(=O)c1c[nH]c(CO)c1. The van der Waals surface area contributed by atoms with E-state index < -0.39 is 10.0 Å². The summed E-state index contributed by atoms with van der Waals surface area (Å²) in [4.78, 5) is 2.89. The minimum absolute atomic E-state index is 0.183. The second kappa shape index (κ2) is 6.00. The molecule has 0 aliphatic heterocycles. The molecule has 0 bridgehead atoms. The summed E-state index contributed by atoms with van der Waals surface area (Å²) in [5, 5.41) is 8.88. The summed E-state index contributed by atoms with van der Waals surface area (Å²) in [6.07, 6.45) is 4.69. The Bertz CT molecular complexity index is 465. The molecule has 0 amide bonds. The molecule has 17 heavy (non-hydrogen) atoms. The normalized spacial score (nSPS) is 11.9. The molecule has 5 nitrogen and oxygen atoms in total. The molecule has 0 unspecified atom stereocenters. The summed E-state index contributed by atoms with van der Waals surface area (Å²) < 4.78 is 25.4. The minimum atomic E-state index is -3.45. The molecular weight excluding hydrogens is 240 g/mol. The van der Waals surface area contributed by atoms with Crippen LogP contribution in [0, 0.1) is 0 Å². The Morgan fingerprint density at radius 3 is 2.82 bits per heavy atom. The maximum absolute atomic E-state index is 12.1. The average Bonchev–Trinajstić information content (AvgIpc) is 2.78. The maximum atomic E-state index is 12.1. The fraction of sp³-hybridized carbons (Fsp3) is 0.455. The van der Waals surface area contributed by atoms with Crippen molar-refractivity contribution >= 4 is 10.0 Å². The van der Waals surface area contributed by atoms with E-state index in [1.165, 1.54) is 16.6 Å². The second-order valence-corrected chi connectivity index (χ2v) is 5.82. The summed E-state index contributed by atoms with van der Waals surface area (Å²) in [6.45, 7) is 3.85. The van der Waals surface area contributed by atoms with Gasteiger partial charge in [-0.15, -0.1) is 6.58 Å². The number of sulfonamides is 1. The van der Waals surface area contributed by atoms with Gasteiger partial charge in [-0.2, -0.15) is 0 Å². The van der Waals surface area contributed by atoms with Crippen molar-refractivity contribution in [3.63, 3.8) is 0 Å². The lowest BCUT2D eigenvalue weighted by atomic mass is 10.3. The third-order valence-corrected chi connectivity index (χ3v) is 4.31. The van der Waals surface area contributed by atoms with Crippen molar-refractivity contribution in [2.45, 2.75) is 24.3 Å². The molecule has 1 heterocycles. The van der Waals surface area contributed by atoms with Crippen molar-refractivity contribution in [3.05, 3.63) is 30.6 Å². The first-order valence-electron chi connectivity index (χ1n) is 5.37. The molecule has 0 spiro atoms. The zero-order valence-corrected chi connectivity index (χ0v) is 10.7. The molecule has 0 saturated heterocycles. The van der Waals surface area contributed by atoms with Crippen molar-refractivity contribution in [3.8, 4) is 0 Å². The second-order valence-electron chi connectivity index (χ2n) is 3.78. The summed E-state index contributed by atoms with van der Waals surface area (Å²) in [7, 11) is -1.91. The smallest absolute Gasteiger partial charge is 0.244 e. The summed E-state index contributed by atoms with van der Waals surface area (Å²) in [6, 6.07) is 1.44. The fourth-order valence-electron chi connectivity index (χ4n) is 1.42. The van der Waals surface area contributed by atoms with Crippen LogP contribution in [-0.2, 0) is 16.6 Å². The van der Waals surface area contributed by atoms with Gasteiger partial charge in [0.15, 0.2) is 0 Å². The molecule has 0 aliphatic rings. The van der Waals surface area contributed by atoms with Crippen LogP contribution in [0.2, 0.25) is 0 Å². The number of H-pyrrole nitrogens is 1. The zero-order valence-electron chi connectivity index (χ0n) is 9.89. The monoisotopic (exact) mass is 258 g/mol. The van der Waals surface area contributed by atoms with Gasteiger partial charge in [-0.3, -0.25) is 0 Å². The Balaban J connectivity index is 2.76. The number of nitrogens with zero attached hydrogens (tertiary/aromatic N) is 1. The number of aliphatic hydroxyl groups is 1. The number of unbranched alkanes of at least 4 members (excludes halogenated alkanes) is 1. The minimum Gasteiger partial charge on any atom is -0.390 e. The van der Waals surface area contributed by atoms with Crippen molar-refractivity contribution in [2.24, 2.45) is 0 Å². The predicted molar refractivity (Wildman–Crippen MR) is 66.0 cm³/mol. The first-order chi connectivity index (χ1) is 8.02. The lowest BCUT2D eigenvalue weighted by molar-refractivity contribution is 0.277. The van der Waals surface area contributed by atoms with Gasteiger partial charge in [0, 0.05) is 25.5 Å². The molecular formula is C11H18N2O3S. The molecule has 0 fully saturated rings. The third-order valence-electron chi connectivity index (χ3n) is 2.48. The van der Waals surface area contributed by atoms with Gasteiger partial charge in [-0.25, -0.2) is 12.7 Å². The molecule has 6 heteroatoms. The van der Waals surface area contributed by atoms with E-state index in [1.54, 1.807) is 13.1 Å². The number of nitrogens with one attached hydrogen (secondary N) is 1. The van der Waals surface area contributed by atoms with Gasteiger partial charge in [-0.1, -0.05) is 6.08 Å². The number of hydrogen-bond donors (Lipinski definition) is 2. The van der Waals surface area contributed by atoms with Crippen LogP contribution in [0.1, 0.15) is 18.5 Å². The average molecular weight is 258 g/mol. The highest BCUT2D eigenvalue weighted by molar-refractivity contribution is 7.89. The summed E-state index contributed by atoms with van der Waals surface area (Å²) in [5.74, 6) is 0. The summed E-state index contributed by atoms with van der Waals surface area (Å²) >= 11 is 0. The van der Waals surface area contributed by atoms with Crippen LogP contribution in [0.5, 0.6) is 0 Å². The van der Waals surface area contributed by atoms with Crippen LogP contribution >= 0.6 is 0 Å². The van der Waals surface area contributed by atoms with Crippen molar-refractivity contribution in [2.75, 3.05) is 13.6 Å². The van der Waals surface area contributed by atoms with E-state index in [4.69, 9.17) is 5.11 Å². The Kier molecular flexibility index (Phi) is 4.92. The third kappa shape index (κ3) is 3.42. The van der Waals surface area contributed by atoms with Gasteiger partial charge in [0.05, 0.1) is 11.5 Å². The highest BCUT2D eigenvalue weighted by Gasteiger charge is 2.21. The Morgan fingerprint density at radius 2 is 2.29 bits per heavy atom. The summed E-state index contributed by atoms with van der Waals surface area (Å²) in [5.41, 5.74) is 0.489. The quantitative estimate of drug-likeness (QED) is 0.568. The number of allylic oxidation sites excluding steroid dienone is 1. The van der Waals surface area contributed by atoms with E-state index in [2.05, 4.69) is 11.6 Å². The largest absolute Gasteiger partial charge is 0.390 e. The first kappa shape index (κ1) is 14.0. The van der Waals surface area contributed by atoms with Gasteiger partial charge in [0.2, 0.25) is 10.0 Å². The van der Waals surface area contributed by atoms with Crippen LogP contribution in [0.25, 0.3) is 0 Å². The highest BCUT2D eigenvalue weighted by atomic mass is 32.2. The molecule has 0 saturated carbocycles. The van der Waals surface area contributed by atoms with Crippen LogP contribution in [0.3, 0.4) is 0 Å². The van der Waals surface area contributed by atoms with E-state index in [1.807, 2.05) is 0 Å². The first-order valence-corrected chi connectivity index (χ1v) is 6.81. The van der Waals surface area contributed by atoms with Gasteiger partial charge < -0.3 is 10.1 Å². The van der Waals surface area contributed by atoms with Gasteiger partial charge >= 0.3 is 0 Å². The molecule has 2 N–H and O–H groups in total. The van der Waals surface area contributed by atoms with Crippen molar-refractivity contribution in [1.82, 2.24) is 9.29 Å². The molecule has 1 aromatic heterocycles. The molecule has 0 aromatic carbocycles. The van der Waals surface area contributed by atoms with Crippen LogP contribution in [0.15, 0.2) is 29.8 Å². The van der Waals surface area contributed by atoms with Crippen LogP contribution < -0.4 is 0 Å². The number of aliphatic hydroxyl groups excluding tert-OH is 1. The highest BCUT2D eigenvalue weighted by Crippen LogP contribution is 2.16.